The number of ether oxygens (including phenoxy) is 1. The van der Waals surface area contributed by atoms with E-state index in [1.54, 1.807) is 12.4 Å². The van der Waals surface area contributed by atoms with Crippen LogP contribution in [0.2, 0.25) is 0 Å². The van der Waals surface area contributed by atoms with Gasteiger partial charge in [0.2, 0.25) is 11.9 Å². The van der Waals surface area contributed by atoms with Crippen LogP contribution in [0.3, 0.4) is 0 Å². The van der Waals surface area contributed by atoms with E-state index in [1.807, 2.05) is 58.0 Å². The maximum Gasteiger partial charge on any atom is 0.225 e. The third kappa shape index (κ3) is 4.53. The zero-order valence-electron chi connectivity index (χ0n) is 21.2. The molecular weight excluding hydrogens is 456 g/mol. The summed E-state index contributed by atoms with van der Waals surface area (Å²) in [4.78, 5) is 23.4. The fraction of sp³-hybridized carbons (Fsp3) is 0.407. The van der Waals surface area contributed by atoms with Gasteiger partial charge in [-0.25, -0.2) is 4.98 Å². The minimum absolute atomic E-state index is 0.00260. The lowest BCUT2D eigenvalue weighted by Gasteiger charge is -2.24. The zero-order valence-corrected chi connectivity index (χ0v) is 21.2. The van der Waals surface area contributed by atoms with Crippen molar-refractivity contribution in [3.8, 4) is 16.9 Å². The summed E-state index contributed by atoms with van der Waals surface area (Å²) in [5.74, 6) is 2.66. The highest BCUT2D eigenvalue weighted by Crippen LogP contribution is 2.43. The number of amides is 1. The molecule has 1 aromatic carbocycles. The van der Waals surface area contributed by atoms with Crippen molar-refractivity contribution in [2.75, 3.05) is 24.6 Å². The van der Waals surface area contributed by atoms with Gasteiger partial charge in [-0.3, -0.25) is 9.78 Å². The summed E-state index contributed by atoms with van der Waals surface area (Å²) in [6.07, 6.45) is 4.34. The van der Waals surface area contributed by atoms with Crippen molar-refractivity contribution in [3.05, 3.63) is 54.2 Å². The summed E-state index contributed by atoms with van der Waals surface area (Å²) in [6.45, 7) is 10.7. The lowest BCUT2D eigenvalue weighted by molar-refractivity contribution is -0.124. The zero-order chi connectivity index (χ0) is 25.2. The molecular formula is C27H32N6O3. The molecule has 1 saturated heterocycles. The molecule has 1 amide bonds. The molecule has 36 heavy (non-hydrogen) atoms. The fourth-order valence-corrected chi connectivity index (χ4v) is 4.95. The number of aryl methyl sites for hydroxylation is 2. The highest BCUT2D eigenvalue weighted by atomic mass is 16.5. The number of rotatable bonds is 4. The van der Waals surface area contributed by atoms with Gasteiger partial charge in [0.25, 0.3) is 0 Å². The number of carbonyl (C=O) groups is 1. The van der Waals surface area contributed by atoms with E-state index in [4.69, 9.17) is 14.2 Å². The minimum atomic E-state index is -0.00260. The third-order valence-electron chi connectivity index (χ3n) is 6.55. The molecule has 1 atom stereocenters. The summed E-state index contributed by atoms with van der Waals surface area (Å²) >= 11 is 0. The number of imidazole rings is 1. The predicted molar refractivity (Wildman–Crippen MR) is 138 cm³/mol. The third-order valence-corrected chi connectivity index (χ3v) is 6.55. The second-order valence-electron chi connectivity index (χ2n) is 9.54. The van der Waals surface area contributed by atoms with Gasteiger partial charge in [-0.2, -0.15) is 0 Å². The van der Waals surface area contributed by atoms with E-state index < -0.39 is 0 Å². The van der Waals surface area contributed by atoms with Crippen LogP contribution in [0, 0.1) is 19.8 Å². The molecule has 6 rings (SSSR count). The summed E-state index contributed by atoms with van der Waals surface area (Å²) in [5.41, 5.74) is 4.73. The number of nitrogens with zero attached hydrogens (tertiary/aromatic N) is 5. The summed E-state index contributed by atoms with van der Waals surface area (Å²) in [6, 6.07) is 9.95. The molecule has 5 heterocycles. The molecule has 1 fully saturated rings. The van der Waals surface area contributed by atoms with Crippen LogP contribution in [0.1, 0.15) is 31.7 Å². The SMILES string of the molecule is Cc1noc(C)c1-c1ccc2nc(N3CCC(C(=O)NC(C)C)C3)n3c2c1OCC3.c1ccncc1. The van der Waals surface area contributed by atoms with Gasteiger partial charge in [0, 0.05) is 37.1 Å². The van der Waals surface area contributed by atoms with Crippen LogP contribution in [0.15, 0.2) is 47.2 Å². The first-order valence-electron chi connectivity index (χ1n) is 12.4. The minimum Gasteiger partial charge on any atom is -0.489 e. The largest absolute Gasteiger partial charge is 0.489 e. The second kappa shape index (κ2) is 10.0. The summed E-state index contributed by atoms with van der Waals surface area (Å²) < 4.78 is 13.7. The Balaban J connectivity index is 0.000000391. The molecule has 2 aliphatic heterocycles. The molecule has 0 radical (unpaired) electrons. The first kappa shape index (κ1) is 23.8. The molecule has 0 bridgehead atoms. The average molecular weight is 489 g/mol. The molecule has 188 valence electrons. The van der Waals surface area contributed by atoms with Crippen LogP contribution in [-0.2, 0) is 11.3 Å². The Kier molecular flexibility index (Phi) is 6.63. The molecule has 1 N–H and O–H groups in total. The quantitative estimate of drug-likeness (QED) is 0.461. The van der Waals surface area contributed by atoms with Crippen LogP contribution in [0.4, 0.5) is 5.95 Å². The van der Waals surface area contributed by atoms with Crippen LogP contribution >= 0.6 is 0 Å². The van der Waals surface area contributed by atoms with Crippen molar-refractivity contribution in [1.29, 1.82) is 0 Å². The van der Waals surface area contributed by atoms with E-state index in [1.165, 1.54) is 0 Å². The van der Waals surface area contributed by atoms with E-state index >= 15 is 0 Å². The number of nitrogens with one attached hydrogen (secondary N) is 1. The van der Waals surface area contributed by atoms with Gasteiger partial charge in [-0.15, -0.1) is 0 Å². The number of hydrogen-bond donors (Lipinski definition) is 1. The van der Waals surface area contributed by atoms with Crippen molar-refractivity contribution in [1.82, 2.24) is 25.0 Å². The Bertz CT molecular complexity index is 1310. The monoisotopic (exact) mass is 488 g/mol. The van der Waals surface area contributed by atoms with Gasteiger partial charge in [-0.1, -0.05) is 11.2 Å². The molecule has 2 aliphatic rings. The van der Waals surface area contributed by atoms with Crippen LogP contribution in [-0.4, -0.2) is 51.3 Å². The fourth-order valence-electron chi connectivity index (χ4n) is 4.95. The van der Waals surface area contributed by atoms with E-state index in [0.29, 0.717) is 13.2 Å². The van der Waals surface area contributed by atoms with Gasteiger partial charge < -0.3 is 24.0 Å². The van der Waals surface area contributed by atoms with Crippen LogP contribution in [0.25, 0.3) is 22.2 Å². The lowest BCUT2D eigenvalue weighted by atomic mass is 10.0. The first-order chi connectivity index (χ1) is 17.4. The van der Waals surface area contributed by atoms with Crippen LogP contribution < -0.4 is 15.0 Å². The summed E-state index contributed by atoms with van der Waals surface area (Å²) in [7, 11) is 0. The van der Waals surface area contributed by atoms with E-state index in [9.17, 15) is 4.79 Å². The van der Waals surface area contributed by atoms with Gasteiger partial charge in [0.1, 0.15) is 17.9 Å². The number of hydrogen-bond acceptors (Lipinski definition) is 7. The van der Waals surface area contributed by atoms with Crippen molar-refractivity contribution >= 4 is 22.9 Å². The highest BCUT2D eigenvalue weighted by Gasteiger charge is 2.33. The van der Waals surface area contributed by atoms with Crippen LogP contribution in [0.5, 0.6) is 5.75 Å². The van der Waals surface area contributed by atoms with E-state index in [0.717, 1.165) is 64.8 Å². The number of pyridine rings is 1. The number of anilines is 1. The Morgan fingerprint density at radius 1 is 1.14 bits per heavy atom. The van der Waals surface area contributed by atoms with Crippen molar-refractivity contribution < 1.29 is 14.1 Å². The predicted octanol–water partition coefficient (Wildman–Crippen LogP) is 4.13. The maximum atomic E-state index is 12.5. The Labute approximate surface area is 210 Å². The van der Waals surface area contributed by atoms with Gasteiger partial charge in [0.05, 0.1) is 29.2 Å². The van der Waals surface area contributed by atoms with Crippen molar-refractivity contribution in [2.24, 2.45) is 5.92 Å². The molecule has 3 aromatic heterocycles. The lowest BCUT2D eigenvalue weighted by Crippen LogP contribution is -2.37. The number of aromatic nitrogens is 4. The van der Waals surface area contributed by atoms with E-state index in [2.05, 4.69) is 24.9 Å². The normalized spacial score (nSPS) is 16.6. The number of benzene rings is 1. The first-order valence-corrected chi connectivity index (χ1v) is 12.4. The number of carbonyl (C=O) groups excluding carboxylic acids is 1. The van der Waals surface area contributed by atoms with Gasteiger partial charge in [0.15, 0.2) is 5.75 Å². The molecule has 0 saturated carbocycles. The Morgan fingerprint density at radius 2 is 1.94 bits per heavy atom. The molecule has 9 nitrogen and oxygen atoms in total. The molecule has 9 heteroatoms. The standard InChI is InChI=1S/C22H27N5O3.C5H5N/c1-12(2)23-21(28)15-7-8-26(11-15)22-24-17-6-5-16(18-13(3)25-30-14(18)4)20-19(17)27(22)9-10-29-20;1-2-4-6-5-3-1/h5-6,12,15H,7-11H2,1-4H3,(H,23,28);1-5H. The van der Waals surface area contributed by atoms with Gasteiger partial charge in [-0.05, 0) is 58.4 Å². The van der Waals surface area contributed by atoms with Crippen molar-refractivity contribution in [2.45, 2.75) is 46.7 Å². The molecule has 0 aliphatic carbocycles. The maximum absolute atomic E-state index is 12.5. The smallest absolute Gasteiger partial charge is 0.225 e. The highest BCUT2D eigenvalue weighted by molar-refractivity contribution is 5.94. The summed E-state index contributed by atoms with van der Waals surface area (Å²) in [5, 5.41) is 7.14. The topological polar surface area (TPSA) is 98.3 Å². The second-order valence-corrected chi connectivity index (χ2v) is 9.54. The molecule has 0 spiro atoms. The average Bonchev–Trinajstić information content (AvgIpc) is 3.59. The van der Waals surface area contributed by atoms with Crippen molar-refractivity contribution in [3.63, 3.8) is 0 Å². The van der Waals surface area contributed by atoms with Gasteiger partial charge >= 0.3 is 0 Å². The Hall–Kier alpha value is -3.88. The molecule has 4 aromatic rings. The van der Waals surface area contributed by atoms with E-state index in [-0.39, 0.29) is 17.9 Å². The molecule has 1 unspecified atom stereocenters. The Morgan fingerprint density at radius 3 is 2.58 bits per heavy atom.